The molecule has 0 aromatic carbocycles. The molecule has 0 saturated carbocycles. The van der Waals surface area contributed by atoms with Crippen LogP contribution in [0.1, 0.15) is 26.2 Å². The van der Waals surface area contributed by atoms with Crippen molar-refractivity contribution in [2.75, 3.05) is 0 Å². The molecule has 0 spiro atoms. The molecular formula is C7H9NO4. The third-order valence-corrected chi connectivity index (χ3v) is 1.49. The Morgan fingerprint density at radius 1 is 1.42 bits per heavy atom. The summed E-state index contributed by atoms with van der Waals surface area (Å²) in [5.41, 5.74) is 0. The van der Waals surface area contributed by atoms with E-state index in [2.05, 4.69) is 4.84 Å². The summed E-state index contributed by atoms with van der Waals surface area (Å²) >= 11 is 0. The first-order chi connectivity index (χ1) is 5.65. The molecular weight excluding hydrogens is 163 g/mol. The fourth-order valence-electron chi connectivity index (χ4n) is 0.824. The van der Waals surface area contributed by atoms with E-state index in [-0.39, 0.29) is 19.3 Å². The van der Waals surface area contributed by atoms with Crippen LogP contribution in [0, 0.1) is 0 Å². The van der Waals surface area contributed by atoms with Gasteiger partial charge in [0.25, 0.3) is 11.8 Å². The number of nitrogens with zero attached hydrogens (tertiary/aromatic N) is 1. The van der Waals surface area contributed by atoms with E-state index in [1.807, 2.05) is 0 Å². The van der Waals surface area contributed by atoms with Crippen molar-refractivity contribution in [3.63, 3.8) is 0 Å². The van der Waals surface area contributed by atoms with E-state index in [0.29, 0.717) is 5.06 Å². The van der Waals surface area contributed by atoms with Crippen molar-refractivity contribution in [2.45, 2.75) is 26.2 Å². The van der Waals surface area contributed by atoms with Crippen LogP contribution in [0.15, 0.2) is 0 Å². The average Bonchev–Trinajstić information content (AvgIpc) is 2.35. The van der Waals surface area contributed by atoms with E-state index in [1.165, 1.54) is 0 Å². The number of imide groups is 1. The Bertz CT molecular complexity index is 220. The topological polar surface area (TPSA) is 63.7 Å². The lowest BCUT2D eigenvalue weighted by Gasteiger charge is -2.10. The number of hydrogen-bond acceptors (Lipinski definition) is 4. The quantitative estimate of drug-likeness (QED) is 0.434. The van der Waals surface area contributed by atoms with Gasteiger partial charge in [-0.3, -0.25) is 9.59 Å². The predicted octanol–water partition coefficient (Wildman–Crippen LogP) is 0.00360. The van der Waals surface area contributed by atoms with Crippen LogP contribution in [0.3, 0.4) is 0 Å². The summed E-state index contributed by atoms with van der Waals surface area (Å²) in [4.78, 5) is 36.9. The lowest BCUT2D eigenvalue weighted by atomic mass is 10.4. The molecule has 5 heteroatoms. The van der Waals surface area contributed by atoms with Crippen molar-refractivity contribution >= 4 is 17.8 Å². The maximum atomic E-state index is 10.9. The van der Waals surface area contributed by atoms with Crippen LogP contribution in [0.5, 0.6) is 0 Å². The number of amides is 2. The van der Waals surface area contributed by atoms with Gasteiger partial charge >= 0.3 is 5.97 Å². The fourth-order valence-corrected chi connectivity index (χ4v) is 0.824. The van der Waals surface area contributed by atoms with Crippen LogP contribution in [-0.2, 0) is 19.2 Å². The van der Waals surface area contributed by atoms with Crippen LogP contribution >= 0.6 is 0 Å². The highest BCUT2D eigenvalue weighted by molar-refractivity contribution is 6.01. The van der Waals surface area contributed by atoms with Gasteiger partial charge in [-0.05, 0) is 0 Å². The van der Waals surface area contributed by atoms with Crippen molar-refractivity contribution in [1.82, 2.24) is 5.06 Å². The van der Waals surface area contributed by atoms with Crippen LogP contribution in [0.4, 0.5) is 0 Å². The van der Waals surface area contributed by atoms with Gasteiger partial charge in [0.2, 0.25) is 0 Å². The van der Waals surface area contributed by atoms with E-state index in [1.54, 1.807) is 6.92 Å². The summed E-state index contributed by atoms with van der Waals surface area (Å²) in [6.07, 6.45) is 0.419. The summed E-state index contributed by atoms with van der Waals surface area (Å²) in [5.74, 6) is -1.46. The zero-order valence-corrected chi connectivity index (χ0v) is 6.70. The lowest BCUT2D eigenvalue weighted by Crippen LogP contribution is -2.31. The van der Waals surface area contributed by atoms with Crippen molar-refractivity contribution in [1.29, 1.82) is 0 Å². The normalized spacial score (nSPS) is 16.9. The Morgan fingerprint density at radius 3 is 2.33 bits per heavy atom. The second-order valence-electron chi connectivity index (χ2n) is 2.40. The Labute approximate surface area is 69.2 Å². The number of rotatable bonds is 2. The molecule has 5 nitrogen and oxygen atoms in total. The largest absolute Gasteiger partial charge is 0.332 e. The van der Waals surface area contributed by atoms with Crippen LogP contribution in [0.2, 0.25) is 0 Å². The van der Waals surface area contributed by atoms with E-state index < -0.39 is 17.8 Å². The van der Waals surface area contributed by atoms with Gasteiger partial charge in [-0.2, -0.15) is 0 Å². The molecule has 1 aliphatic heterocycles. The molecule has 0 aromatic rings. The van der Waals surface area contributed by atoms with E-state index in [0.717, 1.165) is 0 Å². The molecule has 0 aromatic heterocycles. The minimum absolute atomic E-state index is 0.135. The summed E-state index contributed by atoms with van der Waals surface area (Å²) in [7, 11) is 0. The van der Waals surface area contributed by atoms with E-state index >= 15 is 0 Å². The molecule has 0 bridgehead atoms. The molecule has 1 fully saturated rings. The van der Waals surface area contributed by atoms with Gasteiger partial charge in [-0.15, -0.1) is 5.06 Å². The number of hydroxylamine groups is 2. The molecule has 2 amide bonds. The standard InChI is InChI=1S/C7H9NO4/c1-2-7(11)12-8-5(9)3-4-6(8)10/h2-4H2,1H3/i1+1. The Kier molecular flexibility index (Phi) is 2.42. The molecule has 1 aliphatic rings. The molecule has 12 heavy (non-hydrogen) atoms. The molecule has 0 aliphatic carbocycles. The zero-order chi connectivity index (χ0) is 9.14. The minimum Gasteiger partial charge on any atom is -0.330 e. The highest BCUT2D eigenvalue weighted by Gasteiger charge is 2.32. The monoisotopic (exact) mass is 172 g/mol. The molecule has 0 N–H and O–H groups in total. The Morgan fingerprint density at radius 2 is 1.92 bits per heavy atom. The molecule has 66 valence electrons. The van der Waals surface area contributed by atoms with Crippen LogP contribution in [-0.4, -0.2) is 22.8 Å². The van der Waals surface area contributed by atoms with Crippen molar-refractivity contribution in [3.8, 4) is 0 Å². The first kappa shape index (κ1) is 8.70. The third-order valence-electron chi connectivity index (χ3n) is 1.49. The molecule has 1 heterocycles. The van der Waals surface area contributed by atoms with Crippen molar-refractivity contribution in [2.24, 2.45) is 0 Å². The van der Waals surface area contributed by atoms with Crippen molar-refractivity contribution < 1.29 is 19.2 Å². The summed E-state index contributed by atoms with van der Waals surface area (Å²) in [6.45, 7) is 1.59. The molecule has 1 rings (SSSR count). The maximum absolute atomic E-state index is 10.9. The fraction of sp³-hybridized carbons (Fsp3) is 0.571. The van der Waals surface area contributed by atoms with Gasteiger partial charge in [0, 0.05) is 19.3 Å². The van der Waals surface area contributed by atoms with Gasteiger partial charge < -0.3 is 4.84 Å². The summed E-state index contributed by atoms with van der Waals surface area (Å²) in [5, 5.41) is 0.547. The molecule has 1 saturated heterocycles. The number of carbonyl (C=O) groups excluding carboxylic acids is 3. The van der Waals surface area contributed by atoms with Gasteiger partial charge in [0.15, 0.2) is 0 Å². The maximum Gasteiger partial charge on any atom is 0.332 e. The summed E-state index contributed by atoms with van der Waals surface area (Å²) < 4.78 is 0. The van der Waals surface area contributed by atoms with Crippen LogP contribution < -0.4 is 0 Å². The summed E-state index contributed by atoms with van der Waals surface area (Å²) in [6, 6.07) is 0. The second kappa shape index (κ2) is 3.34. The number of hydrogen-bond donors (Lipinski definition) is 0. The van der Waals surface area contributed by atoms with Gasteiger partial charge in [-0.1, -0.05) is 6.92 Å². The molecule has 0 atom stereocenters. The van der Waals surface area contributed by atoms with Gasteiger partial charge in [0.05, 0.1) is 0 Å². The molecule has 0 radical (unpaired) electrons. The van der Waals surface area contributed by atoms with Gasteiger partial charge in [-0.25, -0.2) is 4.79 Å². The molecule has 0 unspecified atom stereocenters. The first-order valence-corrected chi connectivity index (χ1v) is 3.71. The van der Waals surface area contributed by atoms with E-state index in [4.69, 9.17) is 0 Å². The van der Waals surface area contributed by atoms with E-state index in [9.17, 15) is 14.4 Å². The minimum atomic E-state index is -0.571. The SMILES string of the molecule is [13CH3]CC(=O)ON1C(=O)CCC1=O. The smallest absolute Gasteiger partial charge is 0.330 e. The third kappa shape index (κ3) is 1.61. The van der Waals surface area contributed by atoms with Gasteiger partial charge in [0.1, 0.15) is 0 Å². The Hall–Kier alpha value is -1.39. The predicted molar refractivity (Wildman–Crippen MR) is 37.5 cm³/mol. The highest BCUT2D eigenvalue weighted by Crippen LogP contribution is 2.12. The average molecular weight is 172 g/mol. The number of carbonyl (C=O) groups is 3. The van der Waals surface area contributed by atoms with Crippen LogP contribution in [0.25, 0.3) is 0 Å². The Balaban J connectivity index is 2.56. The first-order valence-electron chi connectivity index (χ1n) is 3.71. The highest BCUT2D eigenvalue weighted by atomic mass is 16.7. The van der Waals surface area contributed by atoms with Crippen molar-refractivity contribution in [3.05, 3.63) is 0 Å². The second-order valence-corrected chi connectivity index (χ2v) is 2.40. The lowest BCUT2D eigenvalue weighted by molar-refractivity contribution is -0.197. The zero-order valence-electron chi connectivity index (χ0n) is 6.70.